The Morgan fingerprint density at radius 3 is 2.43 bits per heavy atom. The van der Waals surface area contributed by atoms with Crippen molar-refractivity contribution in [3.8, 4) is 5.75 Å². The van der Waals surface area contributed by atoms with Crippen molar-refractivity contribution in [1.82, 2.24) is 0 Å². The summed E-state index contributed by atoms with van der Waals surface area (Å²) in [6.07, 6.45) is 2.16. The number of rotatable bonds is 2. The van der Waals surface area contributed by atoms with Gasteiger partial charge >= 0.3 is 0 Å². The quantitative estimate of drug-likeness (QED) is 0.919. The average molecular weight is 288 g/mol. The van der Waals surface area contributed by atoms with Crippen LogP contribution in [0.5, 0.6) is 5.75 Å². The zero-order valence-corrected chi connectivity index (χ0v) is 12.5. The molecule has 1 heterocycles. The minimum atomic E-state index is -0.217. The molecular weight excluding hydrogens is 267 g/mol. The number of ether oxygens (including phenoxy) is 1. The number of benzene rings is 2. The number of nitrogens with two attached hydrogens (primary N) is 1. The van der Waals surface area contributed by atoms with E-state index in [4.69, 9.17) is 4.74 Å². The number of hydrogen-bond acceptors (Lipinski definition) is 3. The third kappa shape index (κ3) is 3.52. The molecule has 0 bridgehead atoms. The fourth-order valence-corrected chi connectivity index (χ4v) is 2.35. The number of fused-ring (bicyclic) bond motifs is 1. The van der Waals surface area contributed by atoms with E-state index in [2.05, 4.69) is 23.9 Å². The second kappa shape index (κ2) is 7.09. The summed E-state index contributed by atoms with van der Waals surface area (Å²) < 4.78 is 18.6. The monoisotopic (exact) mass is 288 g/mol. The first-order valence-electron chi connectivity index (χ1n) is 7.07. The van der Waals surface area contributed by atoms with Gasteiger partial charge in [0.15, 0.2) is 0 Å². The Morgan fingerprint density at radius 1 is 1.05 bits per heavy atom. The molecule has 21 heavy (non-hydrogen) atoms. The van der Waals surface area contributed by atoms with Crippen molar-refractivity contribution in [1.29, 1.82) is 0 Å². The van der Waals surface area contributed by atoms with Gasteiger partial charge in [0.25, 0.3) is 0 Å². The first-order chi connectivity index (χ1) is 10.2. The highest BCUT2D eigenvalue weighted by Gasteiger charge is 2.12. The fourth-order valence-electron chi connectivity index (χ4n) is 2.35. The minimum Gasteiger partial charge on any atom is -0.493 e. The minimum absolute atomic E-state index is 0.217. The molecule has 1 aliphatic heterocycles. The van der Waals surface area contributed by atoms with Crippen LogP contribution < -0.4 is 15.4 Å². The Bertz CT molecular complexity index is 584. The summed E-state index contributed by atoms with van der Waals surface area (Å²) in [7, 11) is 3.47. The van der Waals surface area contributed by atoms with Gasteiger partial charge < -0.3 is 15.4 Å². The molecule has 0 spiro atoms. The fraction of sp³-hybridized carbons (Fsp3) is 0.294. The van der Waals surface area contributed by atoms with Crippen molar-refractivity contribution in [3.63, 3.8) is 0 Å². The lowest BCUT2D eigenvalue weighted by Crippen LogP contribution is -2.12. The molecule has 3 rings (SSSR count). The van der Waals surface area contributed by atoms with Gasteiger partial charge in [0.05, 0.1) is 6.61 Å². The van der Waals surface area contributed by atoms with Crippen molar-refractivity contribution in [3.05, 3.63) is 53.8 Å². The number of nitrogens with zero attached hydrogens (tertiary/aromatic N) is 1. The lowest BCUT2D eigenvalue weighted by atomic mass is 10.1. The van der Waals surface area contributed by atoms with E-state index in [9.17, 15) is 4.39 Å². The second-order valence-electron chi connectivity index (χ2n) is 4.78. The summed E-state index contributed by atoms with van der Waals surface area (Å²) in [6.45, 7) is 0.788. The summed E-state index contributed by atoms with van der Waals surface area (Å²) in [5, 5.41) is 0. The van der Waals surface area contributed by atoms with Crippen LogP contribution in [0.25, 0.3) is 0 Å². The SMILES string of the molecule is CN.CN(c1ccc(F)cc1)c1ccc2c(c1)OCCC2. The highest BCUT2D eigenvalue weighted by Crippen LogP contribution is 2.32. The third-order valence-corrected chi connectivity index (χ3v) is 3.50. The molecule has 0 radical (unpaired) electrons. The van der Waals surface area contributed by atoms with Crippen molar-refractivity contribution < 1.29 is 9.13 Å². The van der Waals surface area contributed by atoms with E-state index >= 15 is 0 Å². The van der Waals surface area contributed by atoms with E-state index in [1.54, 1.807) is 12.1 Å². The maximum absolute atomic E-state index is 12.9. The van der Waals surface area contributed by atoms with Gasteiger partial charge in [-0.05, 0) is 55.8 Å². The number of aryl methyl sites for hydroxylation is 1. The van der Waals surface area contributed by atoms with E-state index in [0.29, 0.717) is 0 Å². The molecule has 1 aliphatic rings. The summed E-state index contributed by atoms with van der Waals surface area (Å²) in [5.41, 5.74) is 7.77. The molecule has 0 fully saturated rings. The molecule has 112 valence electrons. The third-order valence-electron chi connectivity index (χ3n) is 3.50. The molecule has 0 aromatic heterocycles. The van der Waals surface area contributed by atoms with Crippen LogP contribution in [-0.4, -0.2) is 20.7 Å². The Morgan fingerprint density at radius 2 is 1.71 bits per heavy atom. The Kier molecular flexibility index (Phi) is 5.17. The summed E-state index contributed by atoms with van der Waals surface area (Å²) in [6, 6.07) is 12.7. The smallest absolute Gasteiger partial charge is 0.124 e. The van der Waals surface area contributed by atoms with E-state index in [1.165, 1.54) is 24.7 Å². The number of hydrogen-bond donors (Lipinski definition) is 1. The van der Waals surface area contributed by atoms with Crippen LogP contribution >= 0.6 is 0 Å². The van der Waals surface area contributed by atoms with Crippen molar-refractivity contribution in [2.75, 3.05) is 25.6 Å². The van der Waals surface area contributed by atoms with Crippen LogP contribution in [0.4, 0.5) is 15.8 Å². The summed E-state index contributed by atoms with van der Waals surface area (Å²) in [5.74, 6) is 0.753. The lowest BCUT2D eigenvalue weighted by Gasteiger charge is -2.23. The topological polar surface area (TPSA) is 38.5 Å². The zero-order chi connectivity index (χ0) is 15.2. The van der Waals surface area contributed by atoms with Gasteiger partial charge in [0.1, 0.15) is 11.6 Å². The average Bonchev–Trinajstić information content (AvgIpc) is 2.56. The van der Waals surface area contributed by atoms with Crippen LogP contribution in [0.1, 0.15) is 12.0 Å². The molecule has 2 aromatic rings. The molecule has 0 amide bonds. The first-order valence-corrected chi connectivity index (χ1v) is 7.07. The Labute approximate surface area is 125 Å². The molecule has 0 saturated carbocycles. The Hall–Kier alpha value is -2.07. The van der Waals surface area contributed by atoms with Gasteiger partial charge in [-0.25, -0.2) is 4.39 Å². The van der Waals surface area contributed by atoms with Crippen LogP contribution in [-0.2, 0) is 6.42 Å². The van der Waals surface area contributed by atoms with E-state index in [0.717, 1.165) is 36.6 Å². The molecule has 0 saturated heterocycles. The van der Waals surface area contributed by atoms with Crippen molar-refractivity contribution >= 4 is 11.4 Å². The molecule has 0 aliphatic carbocycles. The largest absolute Gasteiger partial charge is 0.493 e. The van der Waals surface area contributed by atoms with Gasteiger partial charge in [-0.1, -0.05) is 6.07 Å². The summed E-state index contributed by atoms with van der Waals surface area (Å²) >= 11 is 0. The molecule has 0 unspecified atom stereocenters. The van der Waals surface area contributed by atoms with Gasteiger partial charge in [-0.15, -0.1) is 0 Å². The molecule has 2 aromatic carbocycles. The predicted octanol–water partition coefficient (Wildman–Crippen LogP) is 3.49. The van der Waals surface area contributed by atoms with E-state index in [1.807, 2.05) is 11.9 Å². The zero-order valence-electron chi connectivity index (χ0n) is 12.5. The number of halogens is 1. The highest BCUT2D eigenvalue weighted by atomic mass is 19.1. The molecule has 3 nitrogen and oxygen atoms in total. The van der Waals surface area contributed by atoms with Gasteiger partial charge in [0, 0.05) is 24.5 Å². The maximum atomic E-state index is 12.9. The molecular formula is C17H21FN2O. The maximum Gasteiger partial charge on any atom is 0.124 e. The van der Waals surface area contributed by atoms with Crippen molar-refractivity contribution in [2.45, 2.75) is 12.8 Å². The predicted molar refractivity (Wildman–Crippen MR) is 84.8 cm³/mol. The normalized spacial score (nSPS) is 12.6. The second-order valence-corrected chi connectivity index (χ2v) is 4.78. The molecule has 2 N–H and O–H groups in total. The van der Waals surface area contributed by atoms with E-state index in [-0.39, 0.29) is 5.82 Å². The van der Waals surface area contributed by atoms with Crippen LogP contribution in [0, 0.1) is 5.82 Å². The molecule has 4 heteroatoms. The van der Waals surface area contributed by atoms with Crippen LogP contribution in [0.15, 0.2) is 42.5 Å². The molecule has 0 atom stereocenters. The van der Waals surface area contributed by atoms with Gasteiger partial charge in [-0.3, -0.25) is 0 Å². The first kappa shape index (κ1) is 15.3. The van der Waals surface area contributed by atoms with E-state index < -0.39 is 0 Å². The standard InChI is InChI=1S/C16H16FNO.CH5N/c1-18(14-8-5-13(17)6-9-14)15-7-4-12-3-2-10-19-16(12)11-15;1-2/h4-9,11H,2-3,10H2,1H3;2H2,1H3. The number of anilines is 2. The Balaban J connectivity index is 0.000000774. The van der Waals surface area contributed by atoms with Crippen LogP contribution in [0.2, 0.25) is 0 Å². The van der Waals surface area contributed by atoms with Crippen molar-refractivity contribution in [2.24, 2.45) is 5.73 Å². The summed E-state index contributed by atoms with van der Waals surface area (Å²) in [4.78, 5) is 2.03. The van der Waals surface area contributed by atoms with Crippen LogP contribution in [0.3, 0.4) is 0 Å². The van der Waals surface area contributed by atoms with Gasteiger partial charge in [0.2, 0.25) is 0 Å². The van der Waals surface area contributed by atoms with Gasteiger partial charge in [-0.2, -0.15) is 0 Å². The lowest BCUT2D eigenvalue weighted by molar-refractivity contribution is 0.288. The highest BCUT2D eigenvalue weighted by molar-refractivity contribution is 5.64.